The Labute approximate surface area is 153 Å². The van der Waals surface area contributed by atoms with Gasteiger partial charge in [-0.05, 0) is 37.3 Å². The normalized spacial score (nSPS) is 10.6. The van der Waals surface area contributed by atoms with E-state index in [0.717, 1.165) is 10.7 Å². The topological polar surface area (TPSA) is 51.2 Å². The van der Waals surface area contributed by atoms with Crippen molar-refractivity contribution in [3.8, 4) is 17.0 Å². The summed E-state index contributed by atoms with van der Waals surface area (Å²) in [4.78, 5) is 16.7. The van der Waals surface area contributed by atoms with Crippen molar-refractivity contribution in [1.82, 2.24) is 4.98 Å². The molecule has 0 spiro atoms. The van der Waals surface area contributed by atoms with Gasteiger partial charge in [0.25, 0.3) is 5.91 Å². The summed E-state index contributed by atoms with van der Waals surface area (Å²) < 4.78 is 19.0. The first-order valence-corrected chi connectivity index (χ1v) is 8.60. The molecule has 7 heteroatoms. The summed E-state index contributed by atoms with van der Waals surface area (Å²) in [6.45, 7) is 1.90. The minimum absolute atomic E-state index is 0.0678. The molecule has 0 aliphatic carbocycles. The standard InChI is InChI=1S/C18H14ClFN2O2S/c1-10-21-17(9-25-10)14-7-11(3-6-15(14)19)22-18(23)13-5-4-12(24-2)8-16(13)20/h3-9H,1-2H3,(H,22,23). The third kappa shape index (κ3) is 3.81. The van der Waals surface area contributed by atoms with Crippen molar-refractivity contribution in [2.75, 3.05) is 12.4 Å². The Morgan fingerprint density at radius 3 is 2.72 bits per heavy atom. The van der Waals surface area contributed by atoms with E-state index in [2.05, 4.69) is 10.3 Å². The number of aryl methyl sites for hydroxylation is 1. The third-order valence-electron chi connectivity index (χ3n) is 3.54. The Bertz CT molecular complexity index is 943. The minimum Gasteiger partial charge on any atom is -0.497 e. The van der Waals surface area contributed by atoms with E-state index < -0.39 is 11.7 Å². The number of methoxy groups -OCH3 is 1. The van der Waals surface area contributed by atoms with Crippen LogP contribution < -0.4 is 10.1 Å². The molecule has 0 unspecified atom stereocenters. The molecule has 1 amide bonds. The van der Waals surface area contributed by atoms with Crippen molar-refractivity contribution in [2.24, 2.45) is 0 Å². The molecule has 1 N–H and O–H groups in total. The number of hydrogen-bond donors (Lipinski definition) is 1. The molecule has 25 heavy (non-hydrogen) atoms. The average Bonchev–Trinajstić information content (AvgIpc) is 3.02. The van der Waals surface area contributed by atoms with Gasteiger partial charge in [-0.3, -0.25) is 4.79 Å². The maximum absolute atomic E-state index is 14.0. The second-order valence-electron chi connectivity index (χ2n) is 5.25. The number of hydrogen-bond acceptors (Lipinski definition) is 4. The first-order valence-electron chi connectivity index (χ1n) is 7.35. The first-order chi connectivity index (χ1) is 12.0. The van der Waals surface area contributed by atoms with Crippen molar-refractivity contribution in [1.29, 1.82) is 0 Å². The van der Waals surface area contributed by atoms with E-state index in [-0.39, 0.29) is 5.56 Å². The van der Waals surface area contributed by atoms with Gasteiger partial charge in [0.05, 0.1) is 28.4 Å². The summed E-state index contributed by atoms with van der Waals surface area (Å²) in [5, 5.41) is 6.02. The molecule has 0 radical (unpaired) electrons. The number of carbonyl (C=O) groups is 1. The number of rotatable bonds is 4. The highest BCUT2D eigenvalue weighted by atomic mass is 35.5. The van der Waals surface area contributed by atoms with Crippen molar-refractivity contribution in [2.45, 2.75) is 6.92 Å². The molecule has 0 saturated carbocycles. The molecule has 1 heterocycles. The zero-order valence-corrected chi connectivity index (χ0v) is 15.0. The quantitative estimate of drug-likeness (QED) is 0.683. The van der Waals surface area contributed by atoms with Crippen molar-refractivity contribution in [3.05, 3.63) is 63.2 Å². The number of amides is 1. The zero-order chi connectivity index (χ0) is 18.0. The largest absolute Gasteiger partial charge is 0.497 e. The van der Waals surface area contributed by atoms with Gasteiger partial charge in [-0.2, -0.15) is 0 Å². The first kappa shape index (κ1) is 17.4. The van der Waals surface area contributed by atoms with Gasteiger partial charge in [0.1, 0.15) is 11.6 Å². The molecule has 0 atom stereocenters. The molecular weight excluding hydrogens is 363 g/mol. The van der Waals surface area contributed by atoms with Gasteiger partial charge < -0.3 is 10.1 Å². The number of benzene rings is 2. The van der Waals surface area contributed by atoms with Crippen LogP contribution in [0.5, 0.6) is 5.75 Å². The highest BCUT2D eigenvalue weighted by Crippen LogP contribution is 2.31. The fourth-order valence-electron chi connectivity index (χ4n) is 2.29. The highest BCUT2D eigenvalue weighted by Gasteiger charge is 2.14. The van der Waals surface area contributed by atoms with E-state index in [0.29, 0.717) is 22.0 Å². The summed E-state index contributed by atoms with van der Waals surface area (Å²) in [7, 11) is 1.43. The average molecular weight is 377 g/mol. The van der Waals surface area contributed by atoms with Crippen molar-refractivity contribution >= 4 is 34.5 Å². The van der Waals surface area contributed by atoms with E-state index in [4.69, 9.17) is 16.3 Å². The fourth-order valence-corrected chi connectivity index (χ4v) is 3.12. The van der Waals surface area contributed by atoms with Crippen LogP contribution in [-0.2, 0) is 0 Å². The zero-order valence-electron chi connectivity index (χ0n) is 13.5. The molecule has 3 aromatic rings. The van der Waals surface area contributed by atoms with E-state index in [1.807, 2.05) is 12.3 Å². The van der Waals surface area contributed by atoms with Gasteiger partial charge in [-0.25, -0.2) is 9.37 Å². The Balaban J connectivity index is 1.87. The minimum atomic E-state index is -0.652. The lowest BCUT2D eigenvalue weighted by Crippen LogP contribution is -2.13. The predicted molar refractivity (Wildman–Crippen MR) is 98.2 cm³/mol. The smallest absolute Gasteiger partial charge is 0.258 e. The number of nitrogens with zero attached hydrogens (tertiary/aromatic N) is 1. The number of nitrogens with one attached hydrogen (secondary N) is 1. The molecule has 0 aliphatic heterocycles. The Morgan fingerprint density at radius 2 is 2.08 bits per heavy atom. The van der Waals surface area contributed by atoms with Crippen LogP contribution in [0.3, 0.4) is 0 Å². The molecular formula is C18H14ClFN2O2S. The molecule has 0 fully saturated rings. The number of halogens is 2. The van der Waals surface area contributed by atoms with Crippen LogP contribution in [0.15, 0.2) is 41.8 Å². The second-order valence-corrected chi connectivity index (χ2v) is 6.72. The summed E-state index contributed by atoms with van der Waals surface area (Å²) in [6.07, 6.45) is 0. The lowest BCUT2D eigenvalue weighted by atomic mass is 10.1. The number of carbonyl (C=O) groups excluding carboxylic acids is 1. The lowest BCUT2D eigenvalue weighted by Gasteiger charge is -2.09. The number of anilines is 1. The van der Waals surface area contributed by atoms with Gasteiger partial charge in [-0.15, -0.1) is 11.3 Å². The summed E-state index contributed by atoms with van der Waals surface area (Å²) in [5.41, 5.74) is 1.88. The number of ether oxygens (including phenoxy) is 1. The summed E-state index contributed by atoms with van der Waals surface area (Å²) >= 11 is 7.74. The van der Waals surface area contributed by atoms with Crippen LogP contribution >= 0.6 is 22.9 Å². The SMILES string of the molecule is COc1ccc(C(=O)Nc2ccc(Cl)c(-c3csc(C)n3)c2)c(F)c1. The number of aromatic nitrogens is 1. The monoisotopic (exact) mass is 376 g/mol. The number of thiazole rings is 1. The Morgan fingerprint density at radius 1 is 1.28 bits per heavy atom. The molecule has 0 bridgehead atoms. The van der Waals surface area contributed by atoms with E-state index in [1.54, 1.807) is 18.2 Å². The Hall–Kier alpha value is -2.44. The maximum atomic E-state index is 14.0. The van der Waals surface area contributed by atoms with Crippen LogP contribution in [0.1, 0.15) is 15.4 Å². The van der Waals surface area contributed by atoms with E-state index in [1.165, 1.54) is 36.6 Å². The summed E-state index contributed by atoms with van der Waals surface area (Å²) in [6, 6.07) is 9.12. The molecule has 0 saturated heterocycles. The molecule has 128 valence electrons. The molecule has 2 aromatic carbocycles. The molecule has 0 aliphatic rings. The highest BCUT2D eigenvalue weighted by molar-refractivity contribution is 7.09. The van der Waals surface area contributed by atoms with Gasteiger partial charge >= 0.3 is 0 Å². The summed E-state index contributed by atoms with van der Waals surface area (Å²) in [5.74, 6) is -0.856. The fraction of sp³-hybridized carbons (Fsp3) is 0.111. The second kappa shape index (κ2) is 7.21. The van der Waals surface area contributed by atoms with Gasteiger partial charge in [0.2, 0.25) is 0 Å². The lowest BCUT2D eigenvalue weighted by molar-refractivity contribution is 0.102. The Kier molecular flexibility index (Phi) is 5.01. The molecule has 4 nitrogen and oxygen atoms in total. The van der Waals surface area contributed by atoms with Crippen molar-refractivity contribution < 1.29 is 13.9 Å². The third-order valence-corrected chi connectivity index (χ3v) is 4.64. The maximum Gasteiger partial charge on any atom is 0.258 e. The predicted octanol–water partition coefficient (Wildman–Crippen LogP) is 5.17. The van der Waals surface area contributed by atoms with Gasteiger partial charge in [-0.1, -0.05) is 11.6 Å². The van der Waals surface area contributed by atoms with Crippen LogP contribution in [-0.4, -0.2) is 18.0 Å². The van der Waals surface area contributed by atoms with Gasteiger partial charge in [0.15, 0.2) is 0 Å². The van der Waals surface area contributed by atoms with Crippen LogP contribution in [0, 0.1) is 12.7 Å². The van der Waals surface area contributed by atoms with E-state index in [9.17, 15) is 9.18 Å². The van der Waals surface area contributed by atoms with Crippen LogP contribution in [0.4, 0.5) is 10.1 Å². The van der Waals surface area contributed by atoms with E-state index >= 15 is 0 Å². The van der Waals surface area contributed by atoms with Crippen molar-refractivity contribution in [3.63, 3.8) is 0 Å². The molecule has 1 aromatic heterocycles. The van der Waals surface area contributed by atoms with Gasteiger partial charge in [0, 0.05) is 22.7 Å². The molecule has 3 rings (SSSR count). The van der Waals surface area contributed by atoms with Crippen LogP contribution in [0.2, 0.25) is 5.02 Å². The van der Waals surface area contributed by atoms with Crippen LogP contribution in [0.25, 0.3) is 11.3 Å².